The molecule has 51 heavy (non-hydrogen) atoms. The van der Waals surface area contributed by atoms with Crippen LogP contribution in [0.5, 0.6) is 0 Å². The van der Waals surface area contributed by atoms with Gasteiger partial charge in [-0.3, -0.25) is 0 Å². The fraction of sp³-hybridized carbons (Fsp3) is 0.487. The van der Waals surface area contributed by atoms with E-state index < -0.39 is 34.9 Å². The molecule has 0 amide bonds. The van der Waals surface area contributed by atoms with Crippen LogP contribution in [0.3, 0.4) is 0 Å². The lowest BCUT2D eigenvalue weighted by Gasteiger charge is -2.34. The molecule has 0 aliphatic heterocycles. The van der Waals surface area contributed by atoms with Gasteiger partial charge in [0, 0.05) is 53.4 Å². The van der Waals surface area contributed by atoms with Crippen molar-refractivity contribution in [1.29, 1.82) is 0 Å². The van der Waals surface area contributed by atoms with Crippen LogP contribution in [0, 0.1) is 23.5 Å². The number of fused-ring (bicyclic) bond motifs is 4. The summed E-state index contributed by atoms with van der Waals surface area (Å²) in [5.41, 5.74) is 1.30. The van der Waals surface area contributed by atoms with Crippen molar-refractivity contribution in [3.8, 4) is 0 Å². The number of aryl methyl sites for hydroxylation is 2. The summed E-state index contributed by atoms with van der Waals surface area (Å²) >= 11 is 0.250. The van der Waals surface area contributed by atoms with Crippen LogP contribution >= 0.6 is 12.1 Å². The molecule has 2 atom stereocenters. The lowest BCUT2D eigenvalue weighted by Crippen LogP contribution is -2.36. The zero-order chi connectivity index (χ0) is 37.7. The van der Waals surface area contributed by atoms with Crippen molar-refractivity contribution in [3.63, 3.8) is 0 Å². The van der Waals surface area contributed by atoms with Gasteiger partial charge in [-0.1, -0.05) is 27.7 Å². The van der Waals surface area contributed by atoms with Crippen LogP contribution in [0.4, 0.5) is 21.4 Å². The lowest BCUT2D eigenvalue weighted by atomic mass is 9.77. The van der Waals surface area contributed by atoms with E-state index >= 15 is 0 Å². The van der Waals surface area contributed by atoms with Crippen LogP contribution < -0.4 is 0 Å². The van der Waals surface area contributed by atoms with Crippen molar-refractivity contribution in [3.05, 3.63) is 81.7 Å². The molecule has 0 bridgehead atoms. The van der Waals surface area contributed by atoms with E-state index in [2.05, 4.69) is 9.97 Å². The molecular weight excluding hydrogens is 687 g/mol. The minimum Gasteiger partial charge on any atom is -0.462 e. The number of aromatic nitrogens is 2. The SMILES string of the molecule is CCOC(=O)c1cc(F)c2nc3c(cc2c1)CC(F)(C(C)C)CC3.CCOC(=O)c1cc(F)c2nc3c(cc2c1)C[C@](F)(C(C)C)CC3.CSF. The van der Waals surface area contributed by atoms with Gasteiger partial charge in [0.1, 0.15) is 34.0 Å². The van der Waals surface area contributed by atoms with Gasteiger partial charge < -0.3 is 9.47 Å². The van der Waals surface area contributed by atoms with Crippen LogP contribution in [0.15, 0.2) is 36.4 Å². The number of carbonyl (C=O) groups is 2. The van der Waals surface area contributed by atoms with E-state index in [-0.39, 0.29) is 72.2 Å². The molecule has 12 heteroatoms. The lowest BCUT2D eigenvalue weighted by molar-refractivity contribution is 0.0516. The number of pyridine rings is 2. The molecule has 6 rings (SSSR count). The average molecular weight is 733 g/mol. The Morgan fingerprint density at radius 1 is 0.725 bits per heavy atom. The number of rotatable bonds is 6. The van der Waals surface area contributed by atoms with E-state index in [9.17, 15) is 31.0 Å². The summed E-state index contributed by atoms with van der Waals surface area (Å²) in [5.74, 6) is -2.44. The highest BCUT2D eigenvalue weighted by atomic mass is 32.2. The summed E-state index contributed by atoms with van der Waals surface area (Å²) in [4.78, 5) is 32.5. The second kappa shape index (κ2) is 16.7. The molecule has 2 heterocycles. The molecule has 4 aromatic rings. The Balaban J connectivity index is 0.000000212. The number of esters is 2. The zero-order valence-electron chi connectivity index (χ0n) is 30.1. The third kappa shape index (κ3) is 8.99. The molecule has 2 aliphatic carbocycles. The van der Waals surface area contributed by atoms with Gasteiger partial charge in [0.2, 0.25) is 0 Å². The number of halogens is 5. The second-order valence-corrected chi connectivity index (χ2v) is 13.9. The van der Waals surface area contributed by atoms with Crippen LogP contribution in [-0.4, -0.2) is 52.7 Å². The average Bonchev–Trinajstić information content (AvgIpc) is 3.07. The minimum atomic E-state index is -1.26. The van der Waals surface area contributed by atoms with E-state index in [0.29, 0.717) is 36.5 Å². The van der Waals surface area contributed by atoms with Crippen LogP contribution in [0.25, 0.3) is 21.8 Å². The van der Waals surface area contributed by atoms with Crippen molar-refractivity contribution >= 4 is 45.9 Å². The Labute approximate surface area is 300 Å². The summed E-state index contributed by atoms with van der Waals surface area (Å²) in [5, 5.41) is 1.01. The quantitative estimate of drug-likeness (QED) is 0.144. The first-order valence-corrected chi connectivity index (χ1v) is 18.3. The van der Waals surface area contributed by atoms with Gasteiger partial charge in [0.25, 0.3) is 0 Å². The van der Waals surface area contributed by atoms with Crippen LogP contribution in [-0.2, 0) is 35.2 Å². The minimum absolute atomic E-state index is 0.0936. The predicted molar refractivity (Wildman–Crippen MR) is 191 cm³/mol. The predicted octanol–water partition coefficient (Wildman–Crippen LogP) is 10.0. The number of benzene rings is 2. The third-order valence-corrected chi connectivity index (χ3v) is 9.70. The maximum atomic E-state index is 15.0. The molecule has 0 saturated carbocycles. The topological polar surface area (TPSA) is 78.4 Å². The fourth-order valence-corrected chi connectivity index (χ4v) is 6.50. The highest BCUT2D eigenvalue weighted by Crippen LogP contribution is 2.39. The van der Waals surface area contributed by atoms with E-state index in [1.54, 1.807) is 38.1 Å². The highest BCUT2D eigenvalue weighted by Gasteiger charge is 2.39. The Bertz CT molecular complexity index is 1770. The highest BCUT2D eigenvalue weighted by molar-refractivity contribution is 7.93. The first kappa shape index (κ1) is 40.0. The summed E-state index contributed by atoms with van der Waals surface area (Å²) in [7, 11) is 0. The number of hydrogen-bond acceptors (Lipinski definition) is 7. The summed E-state index contributed by atoms with van der Waals surface area (Å²) < 4.78 is 78.7. The molecule has 6 nitrogen and oxygen atoms in total. The molecule has 1 unspecified atom stereocenters. The first-order chi connectivity index (χ1) is 24.1. The summed E-state index contributed by atoms with van der Waals surface area (Å²) in [6, 6.07) is 8.95. The third-order valence-electron chi connectivity index (χ3n) is 9.70. The van der Waals surface area contributed by atoms with E-state index in [4.69, 9.17) is 9.47 Å². The molecule has 276 valence electrons. The van der Waals surface area contributed by atoms with Crippen LogP contribution in [0.2, 0.25) is 0 Å². The molecule has 0 fully saturated rings. The van der Waals surface area contributed by atoms with Gasteiger partial charge in [0.05, 0.1) is 24.3 Å². The van der Waals surface area contributed by atoms with Gasteiger partial charge >= 0.3 is 11.9 Å². The van der Waals surface area contributed by atoms with E-state index in [1.807, 2.05) is 27.7 Å². The van der Waals surface area contributed by atoms with E-state index in [0.717, 1.165) is 34.6 Å². The Kier molecular flexibility index (Phi) is 13.1. The molecular formula is C39H45F5N2O4S. The Morgan fingerprint density at radius 3 is 1.39 bits per heavy atom. The normalized spacial score (nSPS) is 19.4. The maximum Gasteiger partial charge on any atom is 0.338 e. The van der Waals surface area contributed by atoms with Gasteiger partial charge in [0.15, 0.2) is 0 Å². The van der Waals surface area contributed by atoms with E-state index in [1.165, 1.54) is 6.26 Å². The molecule has 2 aromatic heterocycles. The molecule has 2 aliphatic rings. The molecule has 2 aromatic carbocycles. The van der Waals surface area contributed by atoms with Gasteiger partial charge in [-0.15, -0.1) is 0 Å². The number of alkyl halides is 2. The number of hydrogen-bond donors (Lipinski definition) is 0. The van der Waals surface area contributed by atoms with Crippen molar-refractivity contribution < 1.29 is 40.5 Å². The molecule has 0 saturated heterocycles. The van der Waals surface area contributed by atoms with Gasteiger partial charge in [-0.05, 0) is 98.9 Å². The summed E-state index contributed by atoms with van der Waals surface area (Å²) in [6.45, 7) is 11.3. The number of carbonyl (C=O) groups excluding carboxylic acids is 2. The van der Waals surface area contributed by atoms with Crippen molar-refractivity contribution in [2.24, 2.45) is 11.8 Å². The fourth-order valence-electron chi connectivity index (χ4n) is 6.50. The van der Waals surface area contributed by atoms with Gasteiger partial charge in [-0.2, -0.15) is 3.89 Å². The Morgan fingerprint density at radius 2 is 1.08 bits per heavy atom. The molecule has 0 spiro atoms. The standard InChI is InChI=1S/2C19H21F2NO2.CH3FS/c2*1-4-24-18(23)13-7-12-8-14-10-19(21,11(2)3)6-5-16(14)22-17(12)15(20)9-13;1-3-2/h2*7-9,11H,4-6,10H2,1-3H3;1H3/t19-;;/m0../s1. The summed E-state index contributed by atoms with van der Waals surface area (Å²) in [6.07, 6.45) is 3.72. The second-order valence-electron chi connectivity index (χ2n) is 13.6. The zero-order valence-corrected chi connectivity index (χ0v) is 30.9. The maximum absolute atomic E-state index is 15.0. The Hall–Kier alpha value is -3.80. The first-order valence-electron chi connectivity index (χ1n) is 17.2. The van der Waals surface area contributed by atoms with Crippen molar-refractivity contribution in [1.82, 2.24) is 9.97 Å². The van der Waals surface area contributed by atoms with Crippen molar-refractivity contribution in [2.45, 2.75) is 91.4 Å². The van der Waals surface area contributed by atoms with Crippen LogP contribution in [0.1, 0.15) is 97.6 Å². The number of nitrogens with zero attached hydrogens (tertiary/aromatic N) is 2. The van der Waals surface area contributed by atoms with Gasteiger partial charge in [-0.25, -0.2) is 37.1 Å². The largest absolute Gasteiger partial charge is 0.462 e. The smallest absolute Gasteiger partial charge is 0.338 e. The monoisotopic (exact) mass is 732 g/mol. The molecule has 0 N–H and O–H groups in total. The molecule has 0 radical (unpaired) electrons. The van der Waals surface area contributed by atoms with Crippen molar-refractivity contribution in [2.75, 3.05) is 19.5 Å². The number of ether oxygens (including phenoxy) is 2.